The third kappa shape index (κ3) is 4.18. The zero-order valence-corrected chi connectivity index (χ0v) is 13.2. The Morgan fingerprint density at radius 1 is 1.27 bits per heavy atom. The molecule has 3 N–H and O–H groups in total. The van der Waals surface area contributed by atoms with Gasteiger partial charge in [0.25, 0.3) is 5.91 Å². The highest BCUT2D eigenvalue weighted by Crippen LogP contribution is 2.16. The molecule has 0 aliphatic heterocycles. The highest BCUT2D eigenvalue weighted by atomic mass is 16.3. The summed E-state index contributed by atoms with van der Waals surface area (Å²) in [6, 6.07) is 9.59. The summed E-state index contributed by atoms with van der Waals surface area (Å²) in [5.74, 6) is 0.505. The molecule has 0 fully saturated rings. The molecule has 0 saturated carbocycles. The molecule has 5 nitrogen and oxygen atoms in total. The first-order valence-electron chi connectivity index (χ1n) is 7.53. The summed E-state index contributed by atoms with van der Waals surface area (Å²) in [5, 5.41) is 2.90. The maximum Gasteiger partial charge on any atom is 0.273 e. The fourth-order valence-corrected chi connectivity index (χ4v) is 1.96. The molecule has 0 aliphatic carbocycles. The highest BCUT2D eigenvalue weighted by Gasteiger charge is 2.19. The van der Waals surface area contributed by atoms with Gasteiger partial charge >= 0.3 is 0 Å². The summed E-state index contributed by atoms with van der Waals surface area (Å²) in [5.41, 5.74) is 7.48. The first-order valence-corrected chi connectivity index (χ1v) is 7.53. The molecular formula is C17H23N3O2. The highest BCUT2D eigenvalue weighted by molar-refractivity contribution is 5.92. The third-order valence-corrected chi connectivity index (χ3v) is 3.73. The summed E-state index contributed by atoms with van der Waals surface area (Å²) in [4.78, 5) is 16.3. The van der Waals surface area contributed by atoms with E-state index in [2.05, 4.69) is 24.1 Å². The number of oxazole rings is 1. The predicted molar refractivity (Wildman–Crippen MR) is 85.3 cm³/mol. The minimum absolute atomic E-state index is 0.0747. The topological polar surface area (TPSA) is 81.2 Å². The standard InChI is InChI=1S/C17H23N3O2/c1-11(2)12(3)19-16(21)15-10-22-17(20-15)14(18)9-13-7-5-4-6-8-13/h4-8,10-12,14H,9,18H2,1-3H3,(H,19,21). The van der Waals surface area contributed by atoms with Gasteiger partial charge in [-0.2, -0.15) is 0 Å². The van der Waals surface area contributed by atoms with Crippen LogP contribution in [0.2, 0.25) is 0 Å². The number of aromatic nitrogens is 1. The van der Waals surface area contributed by atoms with Crippen LogP contribution in [-0.4, -0.2) is 16.9 Å². The van der Waals surface area contributed by atoms with Gasteiger partial charge in [0.1, 0.15) is 6.26 Å². The van der Waals surface area contributed by atoms with Gasteiger partial charge in [-0.3, -0.25) is 4.79 Å². The largest absolute Gasteiger partial charge is 0.446 e. The van der Waals surface area contributed by atoms with Crippen LogP contribution in [0.25, 0.3) is 0 Å². The molecule has 5 heteroatoms. The zero-order chi connectivity index (χ0) is 16.1. The molecule has 1 amide bonds. The molecule has 2 rings (SSSR count). The second kappa shape index (κ2) is 7.22. The number of rotatable bonds is 6. The molecular weight excluding hydrogens is 278 g/mol. The van der Waals surface area contributed by atoms with Crippen LogP contribution in [0.15, 0.2) is 41.0 Å². The van der Waals surface area contributed by atoms with E-state index in [-0.39, 0.29) is 23.7 Å². The van der Waals surface area contributed by atoms with Crippen molar-refractivity contribution in [2.24, 2.45) is 11.7 Å². The SMILES string of the molecule is CC(C)C(C)NC(=O)c1coc(C(N)Cc2ccccc2)n1. The maximum absolute atomic E-state index is 12.1. The van der Waals surface area contributed by atoms with Gasteiger partial charge in [0, 0.05) is 6.04 Å². The average Bonchev–Trinajstić information content (AvgIpc) is 2.98. The molecule has 1 heterocycles. The Kier molecular flexibility index (Phi) is 5.33. The van der Waals surface area contributed by atoms with E-state index in [4.69, 9.17) is 10.2 Å². The molecule has 0 spiro atoms. The number of benzene rings is 1. The average molecular weight is 301 g/mol. The Bertz CT molecular complexity index is 607. The number of nitrogens with zero attached hydrogens (tertiary/aromatic N) is 1. The van der Waals surface area contributed by atoms with Crippen LogP contribution < -0.4 is 11.1 Å². The summed E-state index contributed by atoms with van der Waals surface area (Å²) in [6.45, 7) is 6.06. The zero-order valence-electron chi connectivity index (χ0n) is 13.2. The van der Waals surface area contributed by atoms with Gasteiger partial charge < -0.3 is 15.5 Å². The van der Waals surface area contributed by atoms with Crippen molar-refractivity contribution in [3.63, 3.8) is 0 Å². The molecule has 2 unspecified atom stereocenters. The molecule has 1 aromatic carbocycles. The van der Waals surface area contributed by atoms with Crippen molar-refractivity contribution in [1.29, 1.82) is 0 Å². The molecule has 2 aromatic rings. The Balaban J connectivity index is 2.00. The van der Waals surface area contributed by atoms with E-state index in [1.54, 1.807) is 0 Å². The van der Waals surface area contributed by atoms with Gasteiger partial charge in [-0.1, -0.05) is 44.2 Å². The minimum Gasteiger partial charge on any atom is -0.446 e. The van der Waals surface area contributed by atoms with Crippen molar-refractivity contribution in [1.82, 2.24) is 10.3 Å². The van der Waals surface area contributed by atoms with E-state index in [0.29, 0.717) is 18.2 Å². The number of carbonyl (C=O) groups is 1. The molecule has 2 atom stereocenters. The lowest BCUT2D eigenvalue weighted by atomic mass is 10.1. The van der Waals surface area contributed by atoms with Gasteiger partial charge in [0.05, 0.1) is 6.04 Å². The van der Waals surface area contributed by atoms with Crippen LogP contribution in [0.4, 0.5) is 0 Å². The Hall–Kier alpha value is -2.14. The van der Waals surface area contributed by atoms with E-state index >= 15 is 0 Å². The smallest absolute Gasteiger partial charge is 0.273 e. The second-order valence-corrected chi connectivity index (χ2v) is 5.87. The number of amides is 1. The molecule has 118 valence electrons. The van der Waals surface area contributed by atoms with Gasteiger partial charge in [0.2, 0.25) is 5.89 Å². The van der Waals surface area contributed by atoms with Crippen LogP contribution in [-0.2, 0) is 6.42 Å². The first-order chi connectivity index (χ1) is 10.5. The molecule has 0 aliphatic rings. The van der Waals surface area contributed by atoms with Crippen molar-refractivity contribution in [2.45, 2.75) is 39.3 Å². The molecule has 22 heavy (non-hydrogen) atoms. The Labute approximate surface area is 130 Å². The lowest BCUT2D eigenvalue weighted by Crippen LogP contribution is -2.36. The summed E-state index contributed by atoms with van der Waals surface area (Å²) >= 11 is 0. The van der Waals surface area contributed by atoms with Crippen molar-refractivity contribution in [2.75, 3.05) is 0 Å². The summed E-state index contributed by atoms with van der Waals surface area (Å²) in [6.07, 6.45) is 1.98. The van der Waals surface area contributed by atoms with Gasteiger partial charge in [-0.05, 0) is 24.8 Å². The van der Waals surface area contributed by atoms with Crippen LogP contribution in [0.3, 0.4) is 0 Å². The van der Waals surface area contributed by atoms with E-state index in [0.717, 1.165) is 5.56 Å². The molecule has 0 radical (unpaired) electrons. The fourth-order valence-electron chi connectivity index (χ4n) is 1.96. The molecule has 1 aromatic heterocycles. The van der Waals surface area contributed by atoms with E-state index < -0.39 is 0 Å². The molecule has 0 saturated heterocycles. The van der Waals surface area contributed by atoms with Crippen molar-refractivity contribution >= 4 is 5.91 Å². The normalized spacial score (nSPS) is 13.9. The quantitative estimate of drug-likeness (QED) is 0.859. The Morgan fingerprint density at radius 3 is 2.59 bits per heavy atom. The van der Waals surface area contributed by atoms with E-state index in [9.17, 15) is 4.79 Å². The van der Waals surface area contributed by atoms with Crippen LogP contribution in [0.5, 0.6) is 0 Å². The number of hydrogen-bond donors (Lipinski definition) is 2. The molecule has 0 bridgehead atoms. The van der Waals surface area contributed by atoms with Crippen LogP contribution in [0, 0.1) is 5.92 Å². The van der Waals surface area contributed by atoms with Gasteiger partial charge in [-0.15, -0.1) is 0 Å². The first kappa shape index (κ1) is 16.2. The Morgan fingerprint density at radius 2 is 1.95 bits per heavy atom. The number of nitrogens with two attached hydrogens (primary N) is 1. The number of nitrogens with one attached hydrogen (secondary N) is 1. The second-order valence-electron chi connectivity index (χ2n) is 5.87. The van der Waals surface area contributed by atoms with Crippen LogP contribution in [0.1, 0.15) is 48.8 Å². The lowest BCUT2D eigenvalue weighted by Gasteiger charge is -2.16. The van der Waals surface area contributed by atoms with Crippen LogP contribution >= 0.6 is 0 Å². The lowest BCUT2D eigenvalue weighted by molar-refractivity contribution is 0.0925. The van der Waals surface area contributed by atoms with Crippen molar-refractivity contribution in [3.05, 3.63) is 53.7 Å². The third-order valence-electron chi connectivity index (χ3n) is 3.73. The van der Waals surface area contributed by atoms with E-state index in [1.165, 1.54) is 6.26 Å². The number of carbonyl (C=O) groups excluding carboxylic acids is 1. The van der Waals surface area contributed by atoms with Crippen molar-refractivity contribution in [3.8, 4) is 0 Å². The maximum atomic E-state index is 12.1. The van der Waals surface area contributed by atoms with Gasteiger partial charge in [0.15, 0.2) is 5.69 Å². The van der Waals surface area contributed by atoms with Gasteiger partial charge in [-0.25, -0.2) is 4.98 Å². The monoisotopic (exact) mass is 301 g/mol. The fraction of sp³-hybridized carbons (Fsp3) is 0.412. The predicted octanol–water partition coefficient (Wildman–Crippen LogP) is 2.69. The summed E-state index contributed by atoms with van der Waals surface area (Å²) in [7, 11) is 0. The van der Waals surface area contributed by atoms with Crippen molar-refractivity contribution < 1.29 is 9.21 Å². The minimum atomic E-state index is -0.369. The number of hydrogen-bond acceptors (Lipinski definition) is 4. The summed E-state index contributed by atoms with van der Waals surface area (Å²) < 4.78 is 5.36. The van der Waals surface area contributed by atoms with E-state index in [1.807, 2.05) is 37.3 Å².